The summed E-state index contributed by atoms with van der Waals surface area (Å²) in [7, 11) is 0. The summed E-state index contributed by atoms with van der Waals surface area (Å²) in [6.45, 7) is 29.9. The topological polar surface area (TPSA) is 76.7 Å². The van der Waals surface area contributed by atoms with Gasteiger partial charge in [0.2, 0.25) is 0 Å². The zero-order valence-corrected chi connectivity index (χ0v) is 34.0. The van der Waals surface area contributed by atoms with Gasteiger partial charge in [-0.3, -0.25) is 9.59 Å². The molecule has 4 aromatic carbocycles. The van der Waals surface area contributed by atoms with Crippen LogP contribution >= 0.6 is 0 Å². The van der Waals surface area contributed by atoms with E-state index < -0.39 is 0 Å². The molecule has 0 bridgehead atoms. The van der Waals surface area contributed by atoms with E-state index in [-0.39, 0.29) is 46.7 Å². The zero-order valence-electron chi connectivity index (χ0n) is 34.0. The van der Waals surface area contributed by atoms with Crippen LogP contribution in [0.15, 0.2) is 72.8 Å². The van der Waals surface area contributed by atoms with Crippen LogP contribution in [0, 0.1) is 13.8 Å². The lowest BCUT2D eigenvalue weighted by Gasteiger charge is -2.27. The van der Waals surface area contributed by atoms with E-state index in [1.165, 1.54) is 11.1 Å². The fourth-order valence-electron chi connectivity index (χ4n) is 6.04. The Labute approximate surface area is 312 Å². The van der Waals surface area contributed by atoms with Crippen LogP contribution in [0.3, 0.4) is 0 Å². The SMILES string of the molecule is Cc1cc(-c2ccc(NC(=O)COc3ccc(C(C)(C)C)cc3C(C)(C)C)c(C)c2)ccc1NC(=O)COc1ccc(C(C)(C)C)cc1C(C)(C)C. The molecule has 0 aliphatic heterocycles. The molecule has 0 aromatic heterocycles. The first kappa shape index (κ1) is 40.2. The Morgan fingerprint density at radius 1 is 0.481 bits per heavy atom. The Bertz CT molecular complexity index is 1790. The molecule has 2 N–H and O–H groups in total. The molecule has 278 valence electrons. The number of hydrogen-bond acceptors (Lipinski definition) is 4. The summed E-state index contributed by atoms with van der Waals surface area (Å²) in [5.74, 6) is 1.02. The minimum atomic E-state index is -0.216. The fourth-order valence-corrected chi connectivity index (χ4v) is 6.04. The summed E-state index contributed by atoms with van der Waals surface area (Å²) in [4.78, 5) is 26.0. The number of nitrogens with one attached hydrogen (secondary N) is 2. The van der Waals surface area contributed by atoms with Gasteiger partial charge in [-0.15, -0.1) is 0 Å². The Kier molecular flexibility index (Phi) is 11.7. The summed E-state index contributed by atoms with van der Waals surface area (Å²) in [5.41, 5.74) is 9.77. The maximum atomic E-state index is 13.0. The van der Waals surface area contributed by atoms with Crippen LogP contribution in [0.1, 0.15) is 116 Å². The predicted octanol–water partition coefficient (Wildman–Crippen LogP) is 11.2. The average molecular weight is 705 g/mol. The lowest BCUT2D eigenvalue weighted by molar-refractivity contribution is -0.118. The van der Waals surface area contributed by atoms with E-state index in [2.05, 4.69) is 130 Å². The Morgan fingerprint density at radius 3 is 1.12 bits per heavy atom. The molecule has 4 rings (SSSR count). The first-order valence-corrected chi connectivity index (χ1v) is 18.3. The normalized spacial score (nSPS) is 12.3. The quantitative estimate of drug-likeness (QED) is 0.182. The van der Waals surface area contributed by atoms with Gasteiger partial charge in [0.05, 0.1) is 0 Å². The van der Waals surface area contributed by atoms with E-state index >= 15 is 0 Å². The second kappa shape index (κ2) is 15.2. The molecule has 6 nitrogen and oxygen atoms in total. The van der Waals surface area contributed by atoms with E-state index in [4.69, 9.17) is 9.47 Å². The van der Waals surface area contributed by atoms with Crippen molar-refractivity contribution in [1.29, 1.82) is 0 Å². The molecule has 0 saturated carbocycles. The number of ether oxygens (including phenoxy) is 2. The standard InChI is InChI=1S/C46H60N2O4/c1-29-23-31(15-19-37(29)47-41(49)27-51-39-21-17-33(43(3,4)5)25-35(39)45(9,10)11)32-16-20-38(30(2)24-32)48-42(50)28-52-40-22-18-34(44(6,7)8)26-36(40)46(12,13)14/h15-26H,27-28H2,1-14H3,(H,47,49)(H,48,50). The number of anilines is 2. The van der Waals surface area contributed by atoms with E-state index in [0.29, 0.717) is 0 Å². The van der Waals surface area contributed by atoms with Crippen molar-refractivity contribution in [2.75, 3.05) is 23.8 Å². The maximum absolute atomic E-state index is 13.0. The molecule has 0 aliphatic rings. The molecule has 6 heteroatoms. The number of carbonyl (C=O) groups is 2. The van der Waals surface area contributed by atoms with Gasteiger partial charge in [-0.1, -0.05) is 119 Å². The van der Waals surface area contributed by atoms with Gasteiger partial charge in [-0.2, -0.15) is 0 Å². The summed E-state index contributed by atoms with van der Waals surface area (Å²) in [5, 5.41) is 6.03. The molecule has 4 aromatic rings. The van der Waals surface area contributed by atoms with E-state index in [9.17, 15) is 9.59 Å². The minimum Gasteiger partial charge on any atom is -0.483 e. The van der Waals surface area contributed by atoms with E-state index in [1.807, 2.05) is 50.2 Å². The molecule has 0 aliphatic carbocycles. The number of hydrogen-bond donors (Lipinski definition) is 2. The largest absolute Gasteiger partial charge is 0.483 e. The average Bonchev–Trinajstić information content (AvgIpc) is 3.02. The van der Waals surface area contributed by atoms with Crippen molar-refractivity contribution in [3.63, 3.8) is 0 Å². The summed E-state index contributed by atoms with van der Waals surface area (Å²) in [6, 6.07) is 24.5. The van der Waals surface area contributed by atoms with Gasteiger partial charge < -0.3 is 20.1 Å². The highest BCUT2D eigenvalue weighted by molar-refractivity contribution is 5.94. The third-order valence-electron chi connectivity index (χ3n) is 9.36. The van der Waals surface area contributed by atoms with Crippen LogP contribution in [0.2, 0.25) is 0 Å². The molecule has 0 radical (unpaired) electrons. The molecule has 0 heterocycles. The molecular weight excluding hydrogens is 645 g/mol. The van der Waals surface area contributed by atoms with Crippen LogP contribution in [-0.4, -0.2) is 25.0 Å². The van der Waals surface area contributed by atoms with Gasteiger partial charge in [0.25, 0.3) is 11.8 Å². The Balaban J connectivity index is 1.38. The van der Waals surface area contributed by atoms with Gasteiger partial charge in [-0.05, 0) is 116 Å². The van der Waals surface area contributed by atoms with Crippen LogP contribution < -0.4 is 20.1 Å². The summed E-state index contributed by atoms with van der Waals surface area (Å²) < 4.78 is 12.1. The number of amides is 2. The molecule has 0 atom stereocenters. The fraction of sp³-hybridized carbons (Fsp3) is 0.435. The smallest absolute Gasteiger partial charge is 0.262 e. The first-order chi connectivity index (χ1) is 23.9. The third kappa shape index (κ3) is 10.3. The van der Waals surface area contributed by atoms with Crippen LogP contribution in [0.25, 0.3) is 11.1 Å². The Morgan fingerprint density at radius 2 is 0.827 bits per heavy atom. The van der Waals surface area contributed by atoms with Crippen molar-refractivity contribution >= 4 is 23.2 Å². The monoisotopic (exact) mass is 704 g/mol. The van der Waals surface area contributed by atoms with Gasteiger partial charge in [0.1, 0.15) is 11.5 Å². The number of carbonyl (C=O) groups excluding carboxylic acids is 2. The van der Waals surface area contributed by atoms with Crippen molar-refractivity contribution in [3.05, 3.63) is 106 Å². The lowest BCUT2D eigenvalue weighted by Crippen LogP contribution is -2.23. The second-order valence-electron chi connectivity index (χ2n) is 18.2. The minimum absolute atomic E-state index is 0.0166. The summed E-state index contributed by atoms with van der Waals surface area (Å²) in [6.07, 6.45) is 0. The van der Waals surface area contributed by atoms with Crippen LogP contribution in [0.4, 0.5) is 11.4 Å². The number of aryl methyl sites for hydroxylation is 2. The Hall–Kier alpha value is -4.58. The van der Waals surface area contributed by atoms with Crippen molar-refractivity contribution in [1.82, 2.24) is 0 Å². The van der Waals surface area contributed by atoms with Crippen molar-refractivity contribution in [3.8, 4) is 22.6 Å². The molecule has 52 heavy (non-hydrogen) atoms. The highest BCUT2D eigenvalue weighted by Gasteiger charge is 2.25. The van der Waals surface area contributed by atoms with Crippen molar-refractivity contribution in [2.24, 2.45) is 0 Å². The van der Waals surface area contributed by atoms with Gasteiger partial charge in [-0.25, -0.2) is 0 Å². The van der Waals surface area contributed by atoms with Crippen LogP contribution in [0.5, 0.6) is 11.5 Å². The molecule has 2 amide bonds. The van der Waals surface area contributed by atoms with Gasteiger partial charge >= 0.3 is 0 Å². The van der Waals surface area contributed by atoms with Crippen molar-refractivity contribution in [2.45, 2.75) is 119 Å². The maximum Gasteiger partial charge on any atom is 0.262 e. The predicted molar refractivity (Wildman–Crippen MR) is 217 cm³/mol. The molecule has 0 unspecified atom stereocenters. The number of benzene rings is 4. The van der Waals surface area contributed by atoms with Gasteiger partial charge in [0, 0.05) is 11.4 Å². The van der Waals surface area contributed by atoms with Crippen LogP contribution in [-0.2, 0) is 31.2 Å². The molecule has 0 fully saturated rings. The van der Waals surface area contributed by atoms with Crippen molar-refractivity contribution < 1.29 is 19.1 Å². The second-order valence-corrected chi connectivity index (χ2v) is 18.2. The highest BCUT2D eigenvalue weighted by atomic mass is 16.5. The molecule has 0 saturated heterocycles. The molecule has 0 spiro atoms. The van der Waals surface area contributed by atoms with Gasteiger partial charge in [0.15, 0.2) is 13.2 Å². The summed E-state index contributed by atoms with van der Waals surface area (Å²) >= 11 is 0. The lowest BCUT2D eigenvalue weighted by atomic mass is 9.80. The first-order valence-electron chi connectivity index (χ1n) is 18.3. The highest BCUT2D eigenvalue weighted by Crippen LogP contribution is 2.37. The molecular formula is C46H60N2O4. The van der Waals surface area contributed by atoms with E-state index in [0.717, 1.165) is 56.3 Å². The third-order valence-corrected chi connectivity index (χ3v) is 9.36. The zero-order chi connectivity index (χ0) is 38.8. The number of rotatable bonds is 9. The van der Waals surface area contributed by atoms with E-state index in [1.54, 1.807) is 0 Å².